The number of esters is 1. The predicted molar refractivity (Wildman–Crippen MR) is 93.5 cm³/mol. The number of carbonyl (C=O) groups excluding carboxylic acids is 3. The largest absolute Gasteiger partial charge is 0.454 e. The van der Waals surface area contributed by atoms with Crippen molar-refractivity contribution in [2.45, 2.75) is 32.6 Å². The molecule has 0 atom stereocenters. The lowest BCUT2D eigenvalue weighted by molar-refractivity contribution is -0.151. The van der Waals surface area contributed by atoms with Gasteiger partial charge in [-0.25, -0.2) is 0 Å². The van der Waals surface area contributed by atoms with Gasteiger partial charge in [0.1, 0.15) is 6.54 Å². The molecule has 0 aromatic heterocycles. The topological polar surface area (TPSA) is 75.7 Å². The fourth-order valence-electron chi connectivity index (χ4n) is 2.51. The molecule has 6 nitrogen and oxygen atoms in total. The van der Waals surface area contributed by atoms with Crippen LogP contribution in [0.25, 0.3) is 0 Å². The van der Waals surface area contributed by atoms with Crippen LogP contribution in [0, 0.1) is 6.92 Å². The maximum atomic E-state index is 11.9. The zero-order valence-corrected chi connectivity index (χ0v) is 15.2. The number of rotatable bonds is 5. The summed E-state index contributed by atoms with van der Waals surface area (Å²) in [6, 6.07) is 5.47. The first-order valence-corrected chi connectivity index (χ1v) is 8.74. The summed E-state index contributed by atoms with van der Waals surface area (Å²) in [6.07, 6.45) is 3.21. The van der Waals surface area contributed by atoms with Gasteiger partial charge in [0.25, 0.3) is 5.91 Å². The first-order chi connectivity index (χ1) is 11.5. The zero-order valence-electron chi connectivity index (χ0n) is 13.6. The fraction of sp³-hybridized carbons (Fsp3) is 0.471. The van der Waals surface area contributed by atoms with Crippen molar-refractivity contribution in [1.29, 1.82) is 0 Å². The van der Waals surface area contributed by atoms with Gasteiger partial charge in [0.2, 0.25) is 5.91 Å². The van der Waals surface area contributed by atoms with Crippen molar-refractivity contribution in [1.82, 2.24) is 4.90 Å². The predicted octanol–water partition coefficient (Wildman–Crippen LogP) is 2.64. The monoisotopic (exact) mass is 396 g/mol. The molecule has 2 rings (SSSR count). The minimum atomic E-state index is -0.562. The molecule has 2 amide bonds. The van der Waals surface area contributed by atoms with Crippen LogP contribution in [0.4, 0.5) is 5.69 Å². The van der Waals surface area contributed by atoms with Crippen LogP contribution in [0.5, 0.6) is 0 Å². The molecule has 1 fully saturated rings. The number of benzene rings is 1. The van der Waals surface area contributed by atoms with E-state index in [4.69, 9.17) is 4.74 Å². The third-order valence-corrected chi connectivity index (χ3v) is 4.31. The quantitative estimate of drug-likeness (QED) is 0.776. The fourth-order valence-corrected chi connectivity index (χ4v) is 2.98. The lowest BCUT2D eigenvalue weighted by atomic mass is 10.2. The molecular weight excluding hydrogens is 376 g/mol. The van der Waals surface area contributed by atoms with E-state index in [0.29, 0.717) is 18.7 Å². The van der Waals surface area contributed by atoms with E-state index in [0.717, 1.165) is 29.3 Å². The number of hydrogen-bond acceptors (Lipinski definition) is 4. The molecule has 0 spiro atoms. The summed E-state index contributed by atoms with van der Waals surface area (Å²) >= 11 is 3.36. The molecule has 1 saturated heterocycles. The van der Waals surface area contributed by atoms with Gasteiger partial charge in [-0.1, -0.05) is 22.4 Å². The second-order valence-electron chi connectivity index (χ2n) is 5.79. The van der Waals surface area contributed by atoms with E-state index in [-0.39, 0.29) is 19.1 Å². The molecule has 1 aliphatic rings. The second kappa shape index (κ2) is 8.82. The summed E-state index contributed by atoms with van der Waals surface area (Å²) in [7, 11) is 0. The van der Waals surface area contributed by atoms with Crippen LogP contribution in [0.3, 0.4) is 0 Å². The molecule has 0 radical (unpaired) electrons. The van der Waals surface area contributed by atoms with Crippen LogP contribution in [0.1, 0.15) is 31.2 Å². The summed E-state index contributed by atoms with van der Waals surface area (Å²) in [5, 5.41) is 2.70. The van der Waals surface area contributed by atoms with Gasteiger partial charge in [0.05, 0.1) is 0 Å². The Labute approximate surface area is 149 Å². The molecule has 7 heteroatoms. The Morgan fingerprint density at radius 2 is 2.08 bits per heavy atom. The maximum Gasteiger partial charge on any atom is 0.326 e. The zero-order chi connectivity index (χ0) is 17.5. The standard InChI is InChI=1S/C17H21BrN2O4/c1-12-9-13(18)6-7-14(12)19-15(21)11-24-17(23)10-20-8-4-2-3-5-16(20)22/h6-7,9H,2-5,8,10-11H2,1H3,(H,19,21). The highest BCUT2D eigenvalue weighted by molar-refractivity contribution is 9.10. The minimum absolute atomic E-state index is 0.0283. The molecule has 0 bridgehead atoms. The average molecular weight is 397 g/mol. The van der Waals surface area contributed by atoms with E-state index in [1.165, 1.54) is 4.90 Å². The van der Waals surface area contributed by atoms with Gasteiger partial charge in [-0.05, 0) is 43.5 Å². The van der Waals surface area contributed by atoms with Crippen LogP contribution in [-0.2, 0) is 19.1 Å². The number of likely N-dealkylation sites (tertiary alicyclic amines) is 1. The summed E-state index contributed by atoms with van der Waals surface area (Å²) < 4.78 is 5.90. The molecule has 0 aliphatic carbocycles. The Bertz CT molecular complexity index is 633. The molecule has 1 aromatic carbocycles. The van der Waals surface area contributed by atoms with Crippen molar-refractivity contribution >= 4 is 39.4 Å². The van der Waals surface area contributed by atoms with Crippen LogP contribution in [0.15, 0.2) is 22.7 Å². The number of carbonyl (C=O) groups is 3. The van der Waals surface area contributed by atoms with Crippen molar-refractivity contribution in [3.05, 3.63) is 28.2 Å². The second-order valence-corrected chi connectivity index (χ2v) is 6.71. The smallest absolute Gasteiger partial charge is 0.326 e. The maximum absolute atomic E-state index is 11.9. The number of hydrogen-bond donors (Lipinski definition) is 1. The number of nitrogens with one attached hydrogen (secondary N) is 1. The van der Waals surface area contributed by atoms with Crippen molar-refractivity contribution in [2.24, 2.45) is 0 Å². The number of nitrogens with zero attached hydrogens (tertiary/aromatic N) is 1. The first kappa shape index (κ1) is 18.4. The third kappa shape index (κ3) is 5.63. The molecule has 0 saturated carbocycles. The van der Waals surface area contributed by atoms with Gasteiger partial charge in [-0.15, -0.1) is 0 Å². The van der Waals surface area contributed by atoms with Gasteiger partial charge in [0, 0.05) is 23.1 Å². The highest BCUT2D eigenvalue weighted by Crippen LogP contribution is 2.19. The molecule has 0 unspecified atom stereocenters. The Morgan fingerprint density at radius 1 is 1.29 bits per heavy atom. The lowest BCUT2D eigenvalue weighted by Crippen LogP contribution is -2.36. The number of halogens is 1. The highest BCUT2D eigenvalue weighted by Gasteiger charge is 2.20. The van der Waals surface area contributed by atoms with E-state index in [2.05, 4.69) is 21.2 Å². The van der Waals surface area contributed by atoms with Crippen molar-refractivity contribution in [2.75, 3.05) is 25.0 Å². The van der Waals surface area contributed by atoms with E-state index in [1.54, 1.807) is 6.07 Å². The molecule has 1 heterocycles. The SMILES string of the molecule is Cc1cc(Br)ccc1NC(=O)COC(=O)CN1CCCCCC1=O. The van der Waals surface area contributed by atoms with E-state index < -0.39 is 11.9 Å². The van der Waals surface area contributed by atoms with Crippen molar-refractivity contribution in [3.8, 4) is 0 Å². The van der Waals surface area contributed by atoms with Gasteiger partial charge < -0.3 is 15.0 Å². The number of aryl methyl sites for hydroxylation is 1. The van der Waals surface area contributed by atoms with E-state index >= 15 is 0 Å². The summed E-state index contributed by atoms with van der Waals surface area (Å²) in [5.41, 5.74) is 1.57. The molecule has 1 N–H and O–H groups in total. The number of ether oxygens (including phenoxy) is 1. The average Bonchev–Trinajstić information content (AvgIpc) is 2.73. The van der Waals surface area contributed by atoms with Crippen LogP contribution in [0.2, 0.25) is 0 Å². The van der Waals surface area contributed by atoms with Gasteiger partial charge in [-0.3, -0.25) is 14.4 Å². The Morgan fingerprint density at radius 3 is 2.83 bits per heavy atom. The van der Waals surface area contributed by atoms with Crippen molar-refractivity contribution in [3.63, 3.8) is 0 Å². The highest BCUT2D eigenvalue weighted by atomic mass is 79.9. The number of anilines is 1. The molecule has 130 valence electrons. The Balaban J connectivity index is 1.78. The molecular formula is C17H21BrN2O4. The summed E-state index contributed by atoms with van der Waals surface area (Å²) in [4.78, 5) is 37.1. The normalized spacial score (nSPS) is 14.9. The van der Waals surface area contributed by atoms with Gasteiger partial charge in [0.15, 0.2) is 6.61 Å². The van der Waals surface area contributed by atoms with Crippen molar-refractivity contribution < 1.29 is 19.1 Å². The van der Waals surface area contributed by atoms with Crippen LogP contribution >= 0.6 is 15.9 Å². The van der Waals surface area contributed by atoms with Crippen LogP contribution < -0.4 is 5.32 Å². The Hall–Kier alpha value is -1.89. The first-order valence-electron chi connectivity index (χ1n) is 7.95. The third-order valence-electron chi connectivity index (χ3n) is 3.82. The van der Waals surface area contributed by atoms with Gasteiger partial charge >= 0.3 is 5.97 Å². The lowest BCUT2D eigenvalue weighted by Gasteiger charge is -2.19. The van der Waals surface area contributed by atoms with Crippen LogP contribution in [-0.4, -0.2) is 42.4 Å². The summed E-state index contributed by atoms with van der Waals surface area (Å²) in [5.74, 6) is -0.997. The van der Waals surface area contributed by atoms with Gasteiger partial charge in [-0.2, -0.15) is 0 Å². The summed E-state index contributed by atoms with van der Waals surface area (Å²) in [6.45, 7) is 1.98. The molecule has 1 aliphatic heterocycles. The van der Waals surface area contributed by atoms with E-state index in [9.17, 15) is 14.4 Å². The molecule has 1 aromatic rings. The Kier molecular flexibility index (Phi) is 6.78. The minimum Gasteiger partial charge on any atom is -0.454 e. The van der Waals surface area contributed by atoms with E-state index in [1.807, 2.05) is 19.1 Å². The molecule has 24 heavy (non-hydrogen) atoms. The number of amides is 2.